The monoisotopic (exact) mass is 216 g/mol. The lowest BCUT2D eigenvalue weighted by molar-refractivity contribution is 0.177. The second-order valence-electron chi connectivity index (χ2n) is 4.24. The Balaban J connectivity index is 2.28. The number of rotatable bonds is 5. The van der Waals surface area contributed by atoms with Crippen LogP contribution >= 0.6 is 11.8 Å². The Labute approximate surface area is 92.8 Å². The summed E-state index contributed by atoms with van der Waals surface area (Å²) in [5.74, 6) is 2.08. The Hall–Kier alpha value is 0.270. The first-order chi connectivity index (χ1) is 6.77. The minimum Gasteiger partial charge on any atom is -0.311 e. The van der Waals surface area contributed by atoms with Crippen molar-refractivity contribution in [1.29, 1.82) is 0 Å². The van der Waals surface area contributed by atoms with Crippen molar-refractivity contribution in [2.24, 2.45) is 5.92 Å². The van der Waals surface area contributed by atoms with E-state index in [9.17, 15) is 0 Å². The van der Waals surface area contributed by atoms with Gasteiger partial charge in [-0.2, -0.15) is 11.8 Å². The van der Waals surface area contributed by atoms with Crippen molar-refractivity contribution in [3.63, 3.8) is 0 Å². The van der Waals surface area contributed by atoms with Crippen molar-refractivity contribution < 1.29 is 0 Å². The minimum atomic E-state index is 0.718. The van der Waals surface area contributed by atoms with E-state index in [2.05, 4.69) is 30.3 Å². The third kappa shape index (κ3) is 3.79. The predicted molar refractivity (Wildman–Crippen MR) is 66.1 cm³/mol. The van der Waals surface area contributed by atoms with Gasteiger partial charge >= 0.3 is 0 Å². The zero-order chi connectivity index (χ0) is 10.4. The highest BCUT2D eigenvalue weighted by Gasteiger charge is 2.22. The molecule has 0 radical (unpaired) electrons. The van der Waals surface area contributed by atoms with Crippen LogP contribution in [-0.2, 0) is 0 Å². The molecular weight excluding hydrogens is 192 g/mol. The van der Waals surface area contributed by atoms with E-state index in [-0.39, 0.29) is 0 Å². The van der Waals surface area contributed by atoms with Gasteiger partial charge in [0.05, 0.1) is 0 Å². The number of nitrogens with zero attached hydrogens (tertiary/aromatic N) is 1. The van der Waals surface area contributed by atoms with Gasteiger partial charge < -0.3 is 5.32 Å². The van der Waals surface area contributed by atoms with E-state index in [0.717, 1.165) is 12.0 Å². The molecule has 3 heteroatoms. The molecule has 1 heterocycles. The van der Waals surface area contributed by atoms with Crippen LogP contribution in [0.25, 0.3) is 0 Å². The standard InChI is InChI=1S/C11H24N2S/c1-4-10(2)11-9-13(6-5-12-11)7-8-14-3/h10-12H,4-9H2,1-3H3. The summed E-state index contributed by atoms with van der Waals surface area (Å²) in [5.41, 5.74) is 0. The van der Waals surface area contributed by atoms with Crippen molar-refractivity contribution in [1.82, 2.24) is 10.2 Å². The number of piperazine rings is 1. The van der Waals surface area contributed by atoms with Gasteiger partial charge in [-0.25, -0.2) is 0 Å². The molecule has 14 heavy (non-hydrogen) atoms. The molecule has 0 amide bonds. The molecule has 1 rings (SSSR count). The van der Waals surface area contributed by atoms with Gasteiger partial charge in [0, 0.05) is 38.0 Å². The van der Waals surface area contributed by atoms with Crippen LogP contribution in [0.4, 0.5) is 0 Å². The molecule has 1 fully saturated rings. The van der Waals surface area contributed by atoms with E-state index in [4.69, 9.17) is 0 Å². The van der Waals surface area contributed by atoms with E-state index in [0.29, 0.717) is 0 Å². The van der Waals surface area contributed by atoms with Gasteiger partial charge in [0.2, 0.25) is 0 Å². The van der Waals surface area contributed by atoms with E-state index >= 15 is 0 Å². The summed E-state index contributed by atoms with van der Waals surface area (Å²) in [4.78, 5) is 2.60. The second-order valence-corrected chi connectivity index (χ2v) is 5.23. The van der Waals surface area contributed by atoms with Gasteiger partial charge in [-0.3, -0.25) is 4.90 Å². The van der Waals surface area contributed by atoms with Crippen LogP contribution in [0.5, 0.6) is 0 Å². The fraction of sp³-hybridized carbons (Fsp3) is 1.00. The molecule has 2 atom stereocenters. The highest BCUT2D eigenvalue weighted by Crippen LogP contribution is 2.12. The molecule has 0 aromatic carbocycles. The molecule has 0 aromatic rings. The third-order valence-electron chi connectivity index (χ3n) is 3.23. The maximum absolute atomic E-state index is 3.63. The second kappa shape index (κ2) is 6.70. The van der Waals surface area contributed by atoms with Crippen molar-refractivity contribution in [3.8, 4) is 0 Å². The number of thioether (sulfide) groups is 1. The van der Waals surface area contributed by atoms with E-state index in [1.807, 2.05) is 11.8 Å². The zero-order valence-electron chi connectivity index (χ0n) is 9.75. The summed E-state index contributed by atoms with van der Waals surface area (Å²) in [7, 11) is 0. The lowest BCUT2D eigenvalue weighted by Gasteiger charge is -2.36. The van der Waals surface area contributed by atoms with Gasteiger partial charge in [-0.15, -0.1) is 0 Å². The van der Waals surface area contributed by atoms with Gasteiger partial charge in [-0.05, 0) is 12.2 Å². The van der Waals surface area contributed by atoms with Crippen LogP contribution in [0.1, 0.15) is 20.3 Å². The summed E-state index contributed by atoms with van der Waals surface area (Å²) in [6, 6.07) is 0.718. The van der Waals surface area contributed by atoms with Crippen LogP contribution in [0.15, 0.2) is 0 Å². The molecule has 0 aliphatic carbocycles. The van der Waals surface area contributed by atoms with Crippen LogP contribution in [0.3, 0.4) is 0 Å². The molecular formula is C11H24N2S. The summed E-state index contributed by atoms with van der Waals surface area (Å²) >= 11 is 1.95. The maximum Gasteiger partial charge on any atom is 0.0221 e. The van der Waals surface area contributed by atoms with Gasteiger partial charge in [0.25, 0.3) is 0 Å². The third-order valence-corrected chi connectivity index (χ3v) is 3.82. The molecule has 2 unspecified atom stereocenters. The molecule has 0 bridgehead atoms. The van der Waals surface area contributed by atoms with Gasteiger partial charge in [0.1, 0.15) is 0 Å². The first-order valence-corrected chi connectivity index (χ1v) is 7.12. The topological polar surface area (TPSA) is 15.3 Å². The van der Waals surface area contributed by atoms with Gasteiger partial charge in [-0.1, -0.05) is 20.3 Å². The maximum atomic E-state index is 3.63. The highest BCUT2D eigenvalue weighted by molar-refractivity contribution is 7.98. The fourth-order valence-electron chi connectivity index (χ4n) is 1.93. The number of nitrogens with one attached hydrogen (secondary N) is 1. The lowest BCUT2D eigenvalue weighted by atomic mass is 9.97. The van der Waals surface area contributed by atoms with E-state index in [1.54, 1.807) is 0 Å². The fourth-order valence-corrected chi connectivity index (χ4v) is 2.37. The predicted octanol–water partition coefficient (Wildman–Crippen LogP) is 1.67. The first kappa shape index (κ1) is 12.3. The Morgan fingerprint density at radius 2 is 2.36 bits per heavy atom. The SMILES string of the molecule is CCC(C)C1CN(CCSC)CCN1. The summed E-state index contributed by atoms with van der Waals surface area (Å²) in [6.45, 7) is 9.55. The largest absolute Gasteiger partial charge is 0.311 e. The smallest absolute Gasteiger partial charge is 0.0221 e. The molecule has 1 aliphatic heterocycles. The summed E-state index contributed by atoms with van der Waals surface area (Å²) in [6.07, 6.45) is 3.47. The molecule has 84 valence electrons. The molecule has 1 saturated heterocycles. The van der Waals surface area contributed by atoms with Crippen molar-refractivity contribution in [2.75, 3.05) is 38.2 Å². The summed E-state index contributed by atoms with van der Waals surface area (Å²) in [5, 5.41) is 3.63. The molecule has 2 nitrogen and oxygen atoms in total. The Kier molecular flexibility index (Phi) is 5.90. The Morgan fingerprint density at radius 1 is 1.57 bits per heavy atom. The Bertz CT molecular complexity index is 152. The van der Waals surface area contributed by atoms with Crippen LogP contribution in [0.2, 0.25) is 0 Å². The van der Waals surface area contributed by atoms with E-state index in [1.165, 1.54) is 38.4 Å². The first-order valence-electron chi connectivity index (χ1n) is 5.72. The lowest BCUT2D eigenvalue weighted by Crippen LogP contribution is -2.53. The van der Waals surface area contributed by atoms with Crippen molar-refractivity contribution >= 4 is 11.8 Å². The molecule has 1 N–H and O–H groups in total. The van der Waals surface area contributed by atoms with Crippen LogP contribution in [0, 0.1) is 5.92 Å². The molecule has 0 saturated carbocycles. The van der Waals surface area contributed by atoms with Crippen molar-refractivity contribution in [2.45, 2.75) is 26.3 Å². The summed E-state index contributed by atoms with van der Waals surface area (Å²) < 4.78 is 0. The molecule has 0 spiro atoms. The highest BCUT2D eigenvalue weighted by atomic mass is 32.2. The number of hydrogen-bond donors (Lipinski definition) is 1. The zero-order valence-corrected chi connectivity index (χ0v) is 10.6. The normalized spacial score (nSPS) is 26.4. The molecule has 0 aromatic heterocycles. The Morgan fingerprint density at radius 3 is 3.00 bits per heavy atom. The average molecular weight is 216 g/mol. The van der Waals surface area contributed by atoms with Crippen molar-refractivity contribution in [3.05, 3.63) is 0 Å². The van der Waals surface area contributed by atoms with Crippen LogP contribution < -0.4 is 5.32 Å². The van der Waals surface area contributed by atoms with E-state index < -0.39 is 0 Å². The number of hydrogen-bond acceptors (Lipinski definition) is 3. The van der Waals surface area contributed by atoms with Crippen LogP contribution in [-0.4, -0.2) is 49.1 Å². The minimum absolute atomic E-state index is 0.718. The molecule has 1 aliphatic rings. The average Bonchev–Trinajstić information content (AvgIpc) is 2.25. The van der Waals surface area contributed by atoms with Gasteiger partial charge in [0.15, 0.2) is 0 Å². The quantitative estimate of drug-likeness (QED) is 0.752.